The third kappa shape index (κ3) is 8.19. The summed E-state index contributed by atoms with van der Waals surface area (Å²) in [5.41, 5.74) is -1.46. The van der Waals surface area contributed by atoms with Crippen LogP contribution in [0, 0.1) is 17.8 Å². The van der Waals surface area contributed by atoms with Crippen LogP contribution in [0.25, 0.3) is 0 Å². The highest BCUT2D eigenvalue weighted by atomic mass is 35.5. The van der Waals surface area contributed by atoms with Gasteiger partial charge in [-0.05, 0) is 49.8 Å². The Kier molecular flexibility index (Phi) is 11.7. The molecule has 2 aliphatic heterocycles. The van der Waals surface area contributed by atoms with Gasteiger partial charge in [0, 0.05) is 20.6 Å². The standard InChI is InChI=1S/C33H47ClN2O9/c1-18(2)30(38)45-27-16-28(37)36(7)23-14-22(15-24(42-8)29(23)34)13-19(3)11-10-12-26(43-9)33(41)17-25(44-31(39)35-33)20(4)21(5)32(27,6)40/h10-12,14-15,18,20-21,25-27,40-41H,13,16-17H2,1-9H3,(H,35,39)/b12-10+,19-11+/t20-,21?,25?,26+,27-,32?,33-/m0/s1. The van der Waals surface area contributed by atoms with Crippen LogP contribution in [0.3, 0.4) is 0 Å². The van der Waals surface area contributed by atoms with E-state index < -0.39 is 65.4 Å². The van der Waals surface area contributed by atoms with Crippen molar-refractivity contribution >= 4 is 35.3 Å². The topological polar surface area (TPSA) is 144 Å². The second kappa shape index (κ2) is 14.5. The van der Waals surface area contributed by atoms with Crippen LogP contribution < -0.4 is 15.0 Å². The molecule has 1 saturated heterocycles. The largest absolute Gasteiger partial charge is 0.495 e. The van der Waals surface area contributed by atoms with Crippen LogP contribution in [-0.4, -0.2) is 79.1 Å². The van der Waals surface area contributed by atoms with Crippen LogP contribution in [0.5, 0.6) is 5.75 Å². The number of aliphatic hydroxyl groups is 2. The van der Waals surface area contributed by atoms with E-state index in [2.05, 4.69) is 5.32 Å². The molecule has 1 aromatic carbocycles. The number of nitrogens with zero attached hydrogens (tertiary/aromatic N) is 1. The third-order valence-electron chi connectivity index (χ3n) is 9.04. The van der Waals surface area contributed by atoms with Gasteiger partial charge in [0.2, 0.25) is 5.91 Å². The summed E-state index contributed by atoms with van der Waals surface area (Å²) in [5.74, 6) is -2.46. The van der Waals surface area contributed by atoms with Gasteiger partial charge in [-0.25, -0.2) is 4.79 Å². The van der Waals surface area contributed by atoms with E-state index in [-0.39, 0.29) is 17.9 Å². The Balaban J connectivity index is 2.19. The average molecular weight is 651 g/mol. The minimum Gasteiger partial charge on any atom is -0.495 e. The molecule has 0 saturated carbocycles. The number of hydrogen-bond donors (Lipinski definition) is 3. The molecule has 1 aromatic rings. The summed E-state index contributed by atoms with van der Waals surface area (Å²) >= 11 is 6.67. The quantitative estimate of drug-likeness (QED) is 0.400. The van der Waals surface area contributed by atoms with Gasteiger partial charge in [0.1, 0.15) is 34.7 Å². The maximum Gasteiger partial charge on any atom is 0.409 e. The van der Waals surface area contributed by atoms with E-state index in [1.807, 2.05) is 13.0 Å². The molecule has 250 valence electrons. The first-order valence-corrected chi connectivity index (χ1v) is 15.5. The fourth-order valence-corrected chi connectivity index (χ4v) is 6.03. The molecule has 45 heavy (non-hydrogen) atoms. The predicted molar refractivity (Wildman–Crippen MR) is 170 cm³/mol. The number of carbonyl (C=O) groups excluding carboxylic acids is 3. The number of amides is 2. The molecule has 0 aliphatic carbocycles. The second-order valence-electron chi connectivity index (χ2n) is 12.7. The molecule has 3 rings (SSSR count). The van der Waals surface area contributed by atoms with Gasteiger partial charge in [-0.1, -0.05) is 63.1 Å². The molecular formula is C33H47ClN2O9. The third-order valence-corrected chi connectivity index (χ3v) is 9.42. The van der Waals surface area contributed by atoms with E-state index in [4.69, 9.17) is 30.5 Å². The number of rotatable bonds is 4. The number of ether oxygens (including phenoxy) is 4. The number of hydrogen-bond acceptors (Lipinski definition) is 9. The highest BCUT2D eigenvalue weighted by molar-refractivity contribution is 6.35. The van der Waals surface area contributed by atoms with E-state index in [0.717, 1.165) is 11.1 Å². The zero-order valence-corrected chi connectivity index (χ0v) is 28.3. The van der Waals surface area contributed by atoms with Crippen molar-refractivity contribution in [3.63, 3.8) is 0 Å². The number of esters is 1. The zero-order valence-electron chi connectivity index (χ0n) is 27.5. The van der Waals surface area contributed by atoms with Crippen molar-refractivity contribution in [3.05, 3.63) is 46.5 Å². The lowest BCUT2D eigenvalue weighted by atomic mass is 9.73. The molecule has 3 unspecified atom stereocenters. The van der Waals surface area contributed by atoms with Crippen molar-refractivity contribution in [1.29, 1.82) is 0 Å². The number of alkyl carbamates (subject to hydrolysis) is 1. The fraction of sp³-hybridized carbons (Fsp3) is 0.606. The summed E-state index contributed by atoms with van der Waals surface area (Å²) in [6, 6.07) is 3.57. The molecule has 2 amide bonds. The summed E-state index contributed by atoms with van der Waals surface area (Å²) in [5, 5.41) is 26.3. The lowest BCUT2D eigenvalue weighted by Gasteiger charge is -2.46. The Morgan fingerprint density at radius 2 is 1.87 bits per heavy atom. The number of anilines is 1. The van der Waals surface area contributed by atoms with Gasteiger partial charge in [0.05, 0.1) is 25.1 Å². The van der Waals surface area contributed by atoms with E-state index >= 15 is 0 Å². The molecule has 0 radical (unpaired) electrons. The van der Waals surface area contributed by atoms with Crippen molar-refractivity contribution in [3.8, 4) is 5.75 Å². The zero-order chi connectivity index (χ0) is 33.9. The van der Waals surface area contributed by atoms with Crippen molar-refractivity contribution in [2.75, 3.05) is 26.2 Å². The average Bonchev–Trinajstić information content (AvgIpc) is 2.97. The molecule has 2 aliphatic rings. The van der Waals surface area contributed by atoms with Gasteiger partial charge in [-0.15, -0.1) is 0 Å². The van der Waals surface area contributed by atoms with Crippen molar-refractivity contribution in [1.82, 2.24) is 5.32 Å². The van der Waals surface area contributed by atoms with Crippen molar-refractivity contribution < 1.29 is 43.5 Å². The normalized spacial score (nSPS) is 33.5. The van der Waals surface area contributed by atoms with Crippen LogP contribution in [0.15, 0.2) is 35.9 Å². The summed E-state index contributed by atoms with van der Waals surface area (Å²) in [6.45, 7) is 10.2. The maximum atomic E-state index is 13.8. The summed E-state index contributed by atoms with van der Waals surface area (Å²) < 4.78 is 22.5. The molecule has 3 N–H and O–H groups in total. The molecule has 7 atom stereocenters. The molecule has 4 bridgehead atoms. The van der Waals surface area contributed by atoms with Crippen LogP contribution in [0.4, 0.5) is 10.5 Å². The summed E-state index contributed by atoms with van der Waals surface area (Å²) in [6.07, 6.45) is 1.37. The molecule has 0 spiro atoms. The first-order chi connectivity index (χ1) is 20.9. The number of benzene rings is 1. The number of fused-ring (bicyclic) bond motifs is 4. The van der Waals surface area contributed by atoms with E-state index in [1.165, 1.54) is 26.0 Å². The number of methoxy groups -OCH3 is 2. The molecule has 12 heteroatoms. The van der Waals surface area contributed by atoms with Gasteiger partial charge in [-0.2, -0.15) is 0 Å². The van der Waals surface area contributed by atoms with Crippen LogP contribution >= 0.6 is 11.6 Å². The smallest absolute Gasteiger partial charge is 0.409 e. The molecule has 11 nitrogen and oxygen atoms in total. The van der Waals surface area contributed by atoms with Gasteiger partial charge < -0.3 is 34.1 Å². The second-order valence-corrected chi connectivity index (χ2v) is 13.0. The van der Waals surface area contributed by atoms with Crippen LogP contribution in [-0.2, 0) is 30.2 Å². The van der Waals surface area contributed by atoms with Crippen LogP contribution in [0.2, 0.25) is 5.02 Å². The lowest BCUT2D eigenvalue weighted by molar-refractivity contribution is -0.184. The van der Waals surface area contributed by atoms with Gasteiger partial charge in [0.15, 0.2) is 5.72 Å². The molecule has 0 aromatic heterocycles. The monoisotopic (exact) mass is 650 g/mol. The van der Waals surface area contributed by atoms with E-state index in [9.17, 15) is 24.6 Å². The lowest BCUT2D eigenvalue weighted by Crippen LogP contribution is -2.64. The van der Waals surface area contributed by atoms with Crippen LogP contribution in [0.1, 0.15) is 59.9 Å². The number of carbonyl (C=O) groups is 3. The summed E-state index contributed by atoms with van der Waals surface area (Å²) in [7, 11) is 4.47. The maximum absolute atomic E-state index is 13.8. The van der Waals surface area contributed by atoms with Gasteiger partial charge >= 0.3 is 12.1 Å². The van der Waals surface area contributed by atoms with Crippen molar-refractivity contribution in [2.45, 2.75) is 90.4 Å². The Hall–Kier alpha value is -3.12. The summed E-state index contributed by atoms with van der Waals surface area (Å²) in [4.78, 5) is 40.7. The first kappa shape index (κ1) is 36.3. The number of halogens is 1. The minimum atomic E-state index is -1.82. The van der Waals surface area contributed by atoms with Crippen molar-refractivity contribution in [2.24, 2.45) is 17.8 Å². The molecule has 1 fully saturated rings. The van der Waals surface area contributed by atoms with E-state index in [0.29, 0.717) is 17.9 Å². The predicted octanol–water partition coefficient (Wildman–Crippen LogP) is 4.55. The SMILES string of the molecule is COc1cc2cc(c1Cl)N(C)C(=O)C[C@H](OC(=O)C(C)C)C(C)(O)C(C)[C@H](C)C1C[C@@](O)(NC(=O)O1)[C@H](OC)/C=C/C=C(\C)C2. The fourth-order valence-electron chi connectivity index (χ4n) is 5.71. The minimum absolute atomic E-state index is 0.0614. The Labute approximate surface area is 270 Å². The Morgan fingerprint density at radius 1 is 1.20 bits per heavy atom. The first-order valence-electron chi connectivity index (χ1n) is 15.1. The number of nitrogens with one attached hydrogen (secondary N) is 1. The molecule has 2 heterocycles. The highest BCUT2D eigenvalue weighted by Gasteiger charge is 2.51. The Morgan fingerprint density at radius 3 is 2.47 bits per heavy atom. The highest BCUT2D eigenvalue weighted by Crippen LogP contribution is 2.40. The molecular weight excluding hydrogens is 604 g/mol. The number of allylic oxidation sites excluding steroid dienone is 3. The Bertz CT molecular complexity index is 1330. The van der Waals surface area contributed by atoms with E-state index in [1.54, 1.807) is 59.0 Å². The van der Waals surface area contributed by atoms with Gasteiger partial charge in [0.25, 0.3) is 0 Å². The van der Waals surface area contributed by atoms with Gasteiger partial charge in [-0.3, -0.25) is 14.9 Å².